The third-order valence-corrected chi connectivity index (χ3v) is 5.03. The number of H-pyrrole nitrogens is 1. The number of nitrogens with zero attached hydrogens (tertiary/aromatic N) is 1. The van der Waals surface area contributed by atoms with E-state index in [9.17, 15) is 13.2 Å². The van der Waals surface area contributed by atoms with Gasteiger partial charge >= 0.3 is 5.97 Å². The number of halogens is 1. The molecule has 9 heteroatoms. The van der Waals surface area contributed by atoms with Crippen LogP contribution in [0.1, 0.15) is 26.2 Å². The Hall–Kier alpha value is -1.64. The molecule has 0 aromatic carbocycles. The predicted octanol–water partition coefficient (Wildman–Crippen LogP) is 2.14. The molecule has 0 radical (unpaired) electrons. The van der Waals surface area contributed by atoms with E-state index >= 15 is 0 Å². The zero-order valence-electron chi connectivity index (χ0n) is 11.8. The molecule has 0 saturated heterocycles. The Morgan fingerprint density at radius 1 is 1.55 bits per heavy atom. The van der Waals surface area contributed by atoms with Crippen LogP contribution >= 0.6 is 11.6 Å². The maximum atomic E-state index is 12.5. The molecule has 1 unspecified atom stereocenters. The van der Waals surface area contributed by atoms with Crippen molar-refractivity contribution in [3.63, 3.8) is 0 Å². The second-order valence-electron chi connectivity index (χ2n) is 4.82. The average molecular weight is 346 g/mol. The van der Waals surface area contributed by atoms with Crippen LogP contribution in [0.5, 0.6) is 0 Å². The van der Waals surface area contributed by atoms with Crippen molar-refractivity contribution >= 4 is 38.6 Å². The van der Waals surface area contributed by atoms with E-state index in [2.05, 4.69) is 14.7 Å². The Bertz CT molecular complexity index is 788. The van der Waals surface area contributed by atoms with Gasteiger partial charge in [-0.25, -0.2) is 13.4 Å². The van der Waals surface area contributed by atoms with Crippen molar-refractivity contribution < 1.29 is 18.3 Å². The molecule has 0 bridgehead atoms. The second kappa shape index (κ2) is 6.64. The quantitative estimate of drug-likeness (QED) is 0.711. The molecular weight excluding hydrogens is 330 g/mol. The third kappa shape index (κ3) is 3.40. The number of carbonyl (C=O) groups is 1. The first-order valence-corrected chi connectivity index (χ1v) is 8.59. The smallest absolute Gasteiger partial charge is 0.321 e. The van der Waals surface area contributed by atoms with Gasteiger partial charge in [-0.05, 0) is 12.5 Å². The van der Waals surface area contributed by atoms with Crippen LogP contribution in [0.3, 0.4) is 0 Å². The van der Waals surface area contributed by atoms with Gasteiger partial charge in [-0.15, -0.1) is 0 Å². The van der Waals surface area contributed by atoms with Gasteiger partial charge in [0.25, 0.3) is 0 Å². The van der Waals surface area contributed by atoms with E-state index in [-0.39, 0.29) is 21.7 Å². The van der Waals surface area contributed by atoms with Gasteiger partial charge in [0.05, 0.1) is 10.4 Å². The Morgan fingerprint density at radius 3 is 2.91 bits per heavy atom. The lowest BCUT2D eigenvalue weighted by molar-refractivity contribution is -0.139. The van der Waals surface area contributed by atoms with E-state index in [1.165, 1.54) is 18.5 Å². The summed E-state index contributed by atoms with van der Waals surface area (Å²) < 4.78 is 27.1. The Balaban J connectivity index is 2.38. The molecular formula is C13H16ClN3O4S. The van der Waals surface area contributed by atoms with Gasteiger partial charge < -0.3 is 10.1 Å². The number of carboxylic acid groups (broad SMARTS) is 1. The maximum Gasteiger partial charge on any atom is 0.321 e. The maximum absolute atomic E-state index is 12.5. The van der Waals surface area contributed by atoms with Crippen LogP contribution in [0, 0.1) is 0 Å². The predicted molar refractivity (Wildman–Crippen MR) is 82.4 cm³/mol. The minimum absolute atomic E-state index is 0.108. The average Bonchev–Trinajstić information content (AvgIpc) is 2.89. The van der Waals surface area contributed by atoms with Crippen molar-refractivity contribution in [2.24, 2.45) is 0 Å². The Morgan fingerprint density at radius 2 is 2.27 bits per heavy atom. The highest BCUT2D eigenvalue weighted by Crippen LogP contribution is 2.28. The SMILES string of the molecule is CCCCC(NS(=O)(=O)c1c[nH]c2nccc(Cl)c12)C(=O)O. The molecule has 2 aromatic rings. The highest BCUT2D eigenvalue weighted by atomic mass is 35.5. The normalized spacial score (nSPS) is 13.4. The van der Waals surface area contributed by atoms with Crippen molar-refractivity contribution in [2.75, 3.05) is 0 Å². The summed E-state index contributed by atoms with van der Waals surface area (Å²) in [6.45, 7) is 1.90. The van der Waals surface area contributed by atoms with Crippen LogP contribution in [0.2, 0.25) is 5.02 Å². The zero-order chi connectivity index (χ0) is 16.3. The standard InChI is InChI=1S/C13H16ClN3O4S/c1-2-3-4-9(13(18)19)17-22(20,21)10-7-16-12-11(10)8(14)5-6-15-12/h5-7,9,17H,2-4H2,1H3,(H,15,16)(H,18,19). The summed E-state index contributed by atoms with van der Waals surface area (Å²) in [7, 11) is -4.03. The molecule has 120 valence electrons. The molecule has 1 atom stereocenters. The summed E-state index contributed by atoms with van der Waals surface area (Å²) in [6.07, 6.45) is 4.31. The van der Waals surface area contributed by atoms with Gasteiger partial charge in [-0.2, -0.15) is 4.72 Å². The molecule has 0 fully saturated rings. The molecule has 0 aliphatic rings. The van der Waals surface area contributed by atoms with E-state index in [1.807, 2.05) is 6.92 Å². The summed E-state index contributed by atoms with van der Waals surface area (Å²) >= 11 is 6.02. The molecule has 2 heterocycles. The van der Waals surface area contributed by atoms with Gasteiger partial charge in [0, 0.05) is 12.4 Å². The summed E-state index contributed by atoms with van der Waals surface area (Å²) in [5, 5.41) is 9.63. The molecule has 3 N–H and O–H groups in total. The second-order valence-corrected chi connectivity index (χ2v) is 6.91. The number of carboxylic acids is 1. The van der Waals surface area contributed by atoms with Crippen molar-refractivity contribution in [2.45, 2.75) is 37.1 Å². The van der Waals surface area contributed by atoms with Gasteiger partial charge in [-0.3, -0.25) is 4.79 Å². The van der Waals surface area contributed by atoms with Gasteiger partial charge in [0.15, 0.2) is 0 Å². The molecule has 0 spiro atoms. The topological polar surface area (TPSA) is 112 Å². The number of hydrogen-bond donors (Lipinski definition) is 3. The Labute approximate surface area is 132 Å². The van der Waals surface area contributed by atoms with Crippen LogP contribution in [0.15, 0.2) is 23.4 Å². The number of fused-ring (bicyclic) bond motifs is 1. The monoisotopic (exact) mass is 345 g/mol. The van der Waals surface area contributed by atoms with Crippen LogP contribution in [0.25, 0.3) is 11.0 Å². The fourth-order valence-electron chi connectivity index (χ4n) is 2.09. The third-order valence-electron chi connectivity index (χ3n) is 3.22. The molecule has 2 aromatic heterocycles. The van der Waals surface area contributed by atoms with Gasteiger partial charge in [0.1, 0.15) is 16.6 Å². The first kappa shape index (κ1) is 16.7. The number of pyridine rings is 1. The van der Waals surface area contributed by atoms with E-state index < -0.39 is 22.0 Å². The van der Waals surface area contributed by atoms with E-state index in [4.69, 9.17) is 16.7 Å². The van der Waals surface area contributed by atoms with Crippen molar-refractivity contribution in [1.29, 1.82) is 0 Å². The van der Waals surface area contributed by atoms with Gasteiger partial charge in [0.2, 0.25) is 10.0 Å². The number of rotatable bonds is 7. The highest BCUT2D eigenvalue weighted by molar-refractivity contribution is 7.89. The lowest BCUT2D eigenvalue weighted by Crippen LogP contribution is -2.40. The molecule has 0 saturated carbocycles. The number of nitrogens with one attached hydrogen (secondary N) is 2. The van der Waals surface area contributed by atoms with E-state index in [1.54, 1.807) is 0 Å². The number of aromatic nitrogens is 2. The van der Waals surface area contributed by atoms with Crippen LogP contribution in [0.4, 0.5) is 0 Å². The summed E-state index contributed by atoms with van der Waals surface area (Å²) in [5.41, 5.74) is 0.327. The first-order valence-electron chi connectivity index (χ1n) is 6.73. The largest absolute Gasteiger partial charge is 0.480 e. The summed E-state index contributed by atoms with van der Waals surface area (Å²) in [4.78, 5) is 17.8. The summed E-state index contributed by atoms with van der Waals surface area (Å²) in [6, 6.07) is 0.299. The van der Waals surface area contributed by atoms with Crippen LogP contribution in [-0.2, 0) is 14.8 Å². The van der Waals surface area contributed by atoms with Crippen LogP contribution in [-0.4, -0.2) is 35.5 Å². The first-order chi connectivity index (χ1) is 10.4. The lowest BCUT2D eigenvalue weighted by Gasteiger charge is -2.14. The number of sulfonamides is 1. The fraction of sp³-hybridized carbons (Fsp3) is 0.385. The number of hydrogen-bond acceptors (Lipinski definition) is 4. The highest BCUT2D eigenvalue weighted by Gasteiger charge is 2.27. The molecule has 0 aliphatic heterocycles. The van der Waals surface area contributed by atoms with Crippen LogP contribution < -0.4 is 4.72 Å². The Kier molecular flexibility index (Phi) is 5.05. The molecule has 2 rings (SSSR count). The van der Waals surface area contributed by atoms with E-state index in [0.29, 0.717) is 12.1 Å². The zero-order valence-corrected chi connectivity index (χ0v) is 13.4. The molecule has 22 heavy (non-hydrogen) atoms. The molecule has 0 aliphatic carbocycles. The van der Waals surface area contributed by atoms with Crippen molar-refractivity contribution in [1.82, 2.24) is 14.7 Å². The van der Waals surface area contributed by atoms with Crippen molar-refractivity contribution in [3.05, 3.63) is 23.5 Å². The van der Waals surface area contributed by atoms with Crippen molar-refractivity contribution in [3.8, 4) is 0 Å². The number of aliphatic carboxylic acids is 1. The minimum Gasteiger partial charge on any atom is -0.480 e. The molecule has 0 amide bonds. The lowest BCUT2D eigenvalue weighted by atomic mass is 10.1. The summed E-state index contributed by atoms with van der Waals surface area (Å²) in [5.74, 6) is -1.21. The fourth-order valence-corrected chi connectivity index (χ4v) is 3.81. The van der Waals surface area contributed by atoms with Gasteiger partial charge in [-0.1, -0.05) is 31.4 Å². The number of unbranched alkanes of at least 4 members (excludes halogenated alkanes) is 1. The minimum atomic E-state index is -4.03. The van der Waals surface area contributed by atoms with E-state index in [0.717, 1.165) is 6.42 Å². The number of aromatic amines is 1. The molecule has 7 nitrogen and oxygen atoms in total.